The van der Waals surface area contributed by atoms with Crippen LogP contribution in [0.1, 0.15) is 12.0 Å². The van der Waals surface area contributed by atoms with Crippen molar-refractivity contribution in [1.29, 1.82) is 0 Å². The van der Waals surface area contributed by atoms with Crippen LogP contribution in [0.25, 0.3) is 0 Å². The number of alkyl halides is 3. The first-order valence-corrected chi connectivity index (χ1v) is 11.5. The average molecular weight is 452 g/mol. The highest BCUT2D eigenvalue weighted by Crippen LogP contribution is 2.31. The Morgan fingerprint density at radius 1 is 1.17 bits per heavy atom. The molecule has 8 nitrogen and oxygen atoms in total. The van der Waals surface area contributed by atoms with Crippen LogP contribution < -0.4 is 10.6 Å². The van der Waals surface area contributed by atoms with Crippen molar-refractivity contribution in [3.8, 4) is 0 Å². The summed E-state index contributed by atoms with van der Waals surface area (Å²) >= 11 is 0. The van der Waals surface area contributed by atoms with E-state index in [9.17, 15) is 21.6 Å². The van der Waals surface area contributed by atoms with Crippen molar-refractivity contribution in [2.45, 2.75) is 17.8 Å². The summed E-state index contributed by atoms with van der Waals surface area (Å²) in [7, 11) is -3.46. The van der Waals surface area contributed by atoms with Crippen molar-refractivity contribution >= 4 is 15.8 Å². The van der Waals surface area contributed by atoms with Crippen LogP contribution in [0.15, 0.2) is 18.3 Å². The molecule has 0 aliphatic carbocycles. The van der Waals surface area contributed by atoms with Gasteiger partial charge in [-0.25, -0.2) is 13.4 Å². The Balaban J connectivity index is 1.53. The number of pyridine rings is 1. The van der Waals surface area contributed by atoms with E-state index in [-0.39, 0.29) is 18.9 Å². The Bertz CT molecular complexity index is 801. The van der Waals surface area contributed by atoms with E-state index >= 15 is 0 Å². The number of halogens is 3. The topological polar surface area (TPSA) is 92.0 Å². The summed E-state index contributed by atoms with van der Waals surface area (Å²) in [6, 6.07) is 1.93. The quantitative estimate of drug-likeness (QED) is 0.579. The summed E-state index contributed by atoms with van der Waals surface area (Å²) in [5.74, 6) is 0.214. The standard InChI is InChI=1S/C18H28F3N5O3S/c19-18(20,21)15-1-4-23-17(13-15)25-6-8-26(9-7-25)30(27,28)16-2-5-24(14-16)10-12-29-11-3-22/h1,4,13,16H,2-3,5-12,14,22H2. The minimum atomic E-state index is -4.44. The number of piperazine rings is 1. The smallest absolute Gasteiger partial charge is 0.379 e. The van der Waals surface area contributed by atoms with Crippen LogP contribution in [0.2, 0.25) is 0 Å². The second-order valence-electron chi connectivity index (χ2n) is 7.44. The van der Waals surface area contributed by atoms with E-state index in [4.69, 9.17) is 10.5 Å². The second-order valence-corrected chi connectivity index (χ2v) is 9.66. The largest absolute Gasteiger partial charge is 0.416 e. The predicted molar refractivity (Wildman–Crippen MR) is 107 cm³/mol. The van der Waals surface area contributed by atoms with Crippen LogP contribution in [-0.4, -0.2) is 93.4 Å². The maximum Gasteiger partial charge on any atom is 0.416 e. The maximum absolute atomic E-state index is 13.0. The molecule has 170 valence electrons. The SMILES string of the molecule is NCCOCCN1CCC(S(=O)(=O)N2CCN(c3cc(C(F)(F)F)ccn3)CC2)C1. The van der Waals surface area contributed by atoms with Crippen molar-refractivity contribution < 1.29 is 26.3 Å². The molecule has 2 saturated heterocycles. The van der Waals surface area contributed by atoms with Gasteiger partial charge >= 0.3 is 6.18 Å². The molecule has 3 rings (SSSR count). The van der Waals surface area contributed by atoms with Crippen LogP contribution in [0.5, 0.6) is 0 Å². The Kier molecular flexibility index (Phi) is 7.56. The molecule has 1 atom stereocenters. The molecule has 0 aromatic carbocycles. The van der Waals surface area contributed by atoms with E-state index < -0.39 is 27.0 Å². The minimum absolute atomic E-state index is 0.214. The molecule has 0 saturated carbocycles. The first kappa shape index (κ1) is 23.2. The van der Waals surface area contributed by atoms with Gasteiger partial charge in [-0.2, -0.15) is 17.5 Å². The highest BCUT2D eigenvalue weighted by molar-refractivity contribution is 7.89. The Hall–Kier alpha value is -1.47. The number of nitrogens with two attached hydrogens (primary N) is 1. The van der Waals surface area contributed by atoms with Gasteiger partial charge in [-0.15, -0.1) is 0 Å². The number of rotatable bonds is 8. The van der Waals surface area contributed by atoms with E-state index in [0.29, 0.717) is 58.9 Å². The number of ether oxygens (including phenoxy) is 1. The summed E-state index contributed by atoms with van der Waals surface area (Å²) in [5, 5.41) is -0.467. The Labute approximate surface area is 174 Å². The van der Waals surface area contributed by atoms with Crippen LogP contribution in [0.3, 0.4) is 0 Å². The zero-order chi connectivity index (χ0) is 21.8. The normalized spacial score (nSPS) is 22.0. The van der Waals surface area contributed by atoms with E-state index in [1.54, 1.807) is 4.90 Å². The molecule has 2 aliphatic heterocycles. The summed E-state index contributed by atoms with van der Waals surface area (Å²) in [6.45, 7) is 4.36. The lowest BCUT2D eigenvalue weighted by Crippen LogP contribution is -2.51. The van der Waals surface area contributed by atoms with E-state index in [2.05, 4.69) is 9.88 Å². The fraction of sp³-hybridized carbons (Fsp3) is 0.722. The summed E-state index contributed by atoms with van der Waals surface area (Å²) in [5.41, 5.74) is 4.62. The van der Waals surface area contributed by atoms with Gasteiger partial charge in [-0.05, 0) is 25.1 Å². The number of aromatic nitrogens is 1. The average Bonchev–Trinajstić information content (AvgIpc) is 3.21. The molecule has 30 heavy (non-hydrogen) atoms. The van der Waals surface area contributed by atoms with Crippen molar-refractivity contribution in [2.75, 3.05) is 70.5 Å². The number of hydrogen-bond acceptors (Lipinski definition) is 7. The lowest BCUT2D eigenvalue weighted by Gasteiger charge is -2.36. The van der Waals surface area contributed by atoms with Crippen LogP contribution >= 0.6 is 0 Å². The first-order chi connectivity index (χ1) is 14.2. The van der Waals surface area contributed by atoms with Crippen molar-refractivity contribution in [3.63, 3.8) is 0 Å². The summed E-state index contributed by atoms with van der Waals surface area (Å²) in [6.07, 6.45) is -2.74. The lowest BCUT2D eigenvalue weighted by molar-refractivity contribution is -0.137. The summed E-state index contributed by atoms with van der Waals surface area (Å²) < 4.78 is 71.6. The number of hydrogen-bond donors (Lipinski definition) is 1. The van der Waals surface area contributed by atoms with Crippen LogP contribution in [0.4, 0.5) is 19.0 Å². The van der Waals surface area contributed by atoms with Crippen molar-refractivity contribution in [1.82, 2.24) is 14.2 Å². The van der Waals surface area contributed by atoms with E-state index in [1.807, 2.05) is 0 Å². The molecular formula is C18H28F3N5O3S. The van der Waals surface area contributed by atoms with Gasteiger partial charge in [0.25, 0.3) is 0 Å². The Morgan fingerprint density at radius 2 is 1.90 bits per heavy atom. The molecule has 0 radical (unpaired) electrons. The molecule has 2 fully saturated rings. The van der Waals surface area contributed by atoms with Gasteiger partial charge in [-0.3, -0.25) is 4.90 Å². The number of sulfonamides is 1. The second kappa shape index (κ2) is 9.77. The van der Waals surface area contributed by atoms with Gasteiger partial charge < -0.3 is 15.4 Å². The molecule has 2 N–H and O–H groups in total. The molecule has 3 heterocycles. The third kappa shape index (κ3) is 5.61. The van der Waals surface area contributed by atoms with Crippen molar-refractivity contribution in [2.24, 2.45) is 5.73 Å². The number of anilines is 1. The third-order valence-corrected chi connectivity index (χ3v) is 7.77. The molecular weight excluding hydrogens is 423 g/mol. The summed E-state index contributed by atoms with van der Waals surface area (Å²) in [4.78, 5) is 7.79. The van der Waals surface area contributed by atoms with Crippen LogP contribution in [0, 0.1) is 0 Å². The van der Waals surface area contributed by atoms with Crippen molar-refractivity contribution in [3.05, 3.63) is 23.9 Å². The maximum atomic E-state index is 13.0. The fourth-order valence-corrected chi connectivity index (χ4v) is 5.67. The molecule has 1 aromatic rings. The highest BCUT2D eigenvalue weighted by Gasteiger charge is 2.38. The van der Waals surface area contributed by atoms with Gasteiger partial charge in [0.05, 0.1) is 24.0 Å². The molecule has 12 heteroatoms. The predicted octanol–water partition coefficient (Wildman–Crippen LogP) is 0.602. The van der Waals surface area contributed by atoms with Crippen LogP contribution in [-0.2, 0) is 20.9 Å². The third-order valence-electron chi connectivity index (χ3n) is 5.46. The zero-order valence-corrected chi connectivity index (χ0v) is 17.5. The molecule has 2 aliphatic rings. The van der Waals surface area contributed by atoms with Gasteiger partial charge in [-0.1, -0.05) is 0 Å². The van der Waals surface area contributed by atoms with Gasteiger partial charge in [0.1, 0.15) is 5.82 Å². The monoisotopic (exact) mass is 451 g/mol. The number of likely N-dealkylation sites (tertiary alicyclic amines) is 1. The molecule has 1 aromatic heterocycles. The number of nitrogens with zero attached hydrogens (tertiary/aromatic N) is 4. The van der Waals surface area contributed by atoms with Gasteiger partial charge in [0.15, 0.2) is 0 Å². The highest BCUT2D eigenvalue weighted by atomic mass is 32.2. The molecule has 0 amide bonds. The lowest BCUT2D eigenvalue weighted by atomic mass is 10.2. The zero-order valence-electron chi connectivity index (χ0n) is 16.7. The minimum Gasteiger partial charge on any atom is -0.379 e. The van der Waals surface area contributed by atoms with Gasteiger partial charge in [0.2, 0.25) is 10.0 Å². The van der Waals surface area contributed by atoms with E-state index in [0.717, 1.165) is 18.3 Å². The molecule has 0 spiro atoms. The fourth-order valence-electron chi connectivity index (χ4n) is 3.77. The Morgan fingerprint density at radius 3 is 2.57 bits per heavy atom. The van der Waals surface area contributed by atoms with Gasteiger partial charge in [0, 0.05) is 52.0 Å². The van der Waals surface area contributed by atoms with E-state index in [1.165, 1.54) is 4.31 Å². The first-order valence-electron chi connectivity index (χ1n) is 9.99. The molecule has 1 unspecified atom stereocenters. The molecule has 0 bridgehead atoms.